The van der Waals surface area contributed by atoms with Crippen LogP contribution in [-0.2, 0) is 6.42 Å². The molecule has 0 N–H and O–H groups in total. The van der Waals surface area contributed by atoms with E-state index in [1.54, 1.807) is 7.11 Å². The summed E-state index contributed by atoms with van der Waals surface area (Å²) in [5, 5.41) is 0. The fraction of sp³-hybridized carbons (Fsp3) is 0.400. The second-order valence-electron chi connectivity index (χ2n) is 7.61. The topological polar surface area (TPSA) is 30.7 Å². The van der Waals surface area contributed by atoms with Crippen LogP contribution >= 0.6 is 0 Å². The van der Waals surface area contributed by atoms with E-state index in [1.165, 1.54) is 49.7 Å². The fourth-order valence-corrected chi connectivity index (χ4v) is 3.88. The Morgan fingerprint density at radius 2 is 1.75 bits per heavy atom. The number of hydrogen-bond acceptors (Lipinski definition) is 2. The van der Waals surface area contributed by atoms with Crippen molar-refractivity contribution in [2.24, 2.45) is 0 Å². The molecule has 0 saturated carbocycles. The summed E-state index contributed by atoms with van der Waals surface area (Å²) in [6.07, 6.45) is 11.7. The zero-order valence-corrected chi connectivity index (χ0v) is 17.3. The zero-order valence-electron chi connectivity index (χ0n) is 17.3. The van der Waals surface area contributed by atoms with Crippen LogP contribution in [0.2, 0.25) is 0 Å². The normalized spacial score (nSPS) is 11.1. The van der Waals surface area contributed by atoms with Crippen LogP contribution in [0.5, 0.6) is 5.75 Å². The van der Waals surface area contributed by atoms with E-state index < -0.39 is 0 Å². The van der Waals surface area contributed by atoms with Gasteiger partial charge >= 0.3 is 0 Å². The summed E-state index contributed by atoms with van der Waals surface area (Å²) in [5.74, 6) is 0.808. The summed E-state index contributed by atoms with van der Waals surface area (Å²) in [6, 6.07) is 12.6. The van der Waals surface area contributed by atoms with Gasteiger partial charge in [-0.3, -0.25) is 4.79 Å². The van der Waals surface area contributed by atoms with E-state index in [1.807, 2.05) is 22.7 Å². The third-order valence-corrected chi connectivity index (χ3v) is 5.45. The predicted octanol–water partition coefficient (Wildman–Crippen LogP) is 6.64. The Kier molecular flexibility index (Phi) is 6.91. The molecule has 0 radical (unpaired) electrons. The number of aryl methyl sites for hydroxylation is 2. The minimum Gasteiger partial charge on any atom is -0.496 e. The van der Waals surface area contributed by atoms with Crippen LogP contribution in [0.3, 0.4) is 0 Å². The van der Waals surface area contributed by atoms with Crippen LogP contribution in [0.25, 0.3) is 16.6 Å². The van der Waals surface area contributed by atoms with Gasteiger partial charge in [-0.25, -0.2) is 0 Å². The Hall–Kier alpha value is -2.55. The molecule has 0 amide bonds. The third-order valence-electron chi connectivity index (χ3n) is 5.45. The lowest BCUT2D eigenvalue weighted by Gasteiger charge is -2.11. The number of carbonyl (C=O) groups is 1. The monoisotopic (exact) mass is 377 g/mol. The van der Waals surface area contributed by atoms with Crippen molar-refractivity contribution < 1.29 is 9.53 Å². The molecule has 0 fully saturated rings. The molecular weight excluding hydrogens is 346 g/mol. The van der Waals surface area contributed by atoms with Crippen molar-refractivity contribution in [2.75, 3.05) is 7.11 Å². The maximum atomic E-state index is 11.9. The molecule has 28 heavy (non-hydrogen) atoms. The lowest BCUT2D eigenvalue weighted by Crippen LogP contribution is -1.95. The lowest BCUT2D eigenvalue weighted by molar-refractivity contribution is 0.111. The molecule has 0 aliphatic heterocycles. The van der Waals surface area contributed by atoms with Crippen LogP contribution in [0.15, 0.2) is 42.6 Å². The average molecular weight is 378 g/mol. The van der Waals surface area contributed by atoms with Gasteiger partial charge in [-0.2, -0.15) is 0 Å². The van der Waals surface area contributed by atoms with Gasteiger partial charge in [0.1, 0.15) is 5.75 Å². The van der Waals surface area contributed by atoms with E-state index in [0.29, 0.717) is 5.69 Å². The molecule has 3 rings (SSSR count). The minimum atomic E-state index is 0.671. The average Bonchev–Trinajstić information content (AvgIpc) is 3.07. The maximum absolute atomic E-state index is 11.9. The largest absolute Gasteiger partial charge is 0.496 e. The van der Waals surface area contributed by atoms with Crippen molar-refractivity contribution in [3.63, 3.8) is 0 Å². The summed E-state index contributed by atoms with van der Waals surface area (Å²) >= 11 is 0. The zero-order chi connectivity index (χ0) is 19.9. The molecule has 3 heteroatoms. The number of methoxy groups -OCH3 is 1. The Morgan fingerprint density at radius 1 is 0.964 bits per heavy atom. The van der Waals surface area contributed by atoms with E-state index >= 15 is 0 Å². The summed E-state index contributed by atoms with van der Waals surface area (Å²) in [5.41, 5.74) is 6.11. The number of unbranched alkanes of at least 4 members (excludes halogenated alkanes) is 5. The highest BCUT2D eigenvalue weighted by Crippen LogP contribution is 2.35. The second kappa shape index (κ2) is 9.59. The predicted molar refractivity (Wildman–Crippen MR) is 117 cm³/mol. The van der Waals surface area contributed by atoms with Crippen LogP contribution < -0.4 is 4.74 Å². The van der Waals surface area contributed by atoms with E-state index in [0.717, 1.165) is 35.1 Å². The highest BCUT2D eigenvalue weighted by Gasteiger charge is 2.16. The van der Waals surface area contributed by atoms with Gasteiger partial charge in [0.15, 0.2) is 6.29 Å². The summed E-state index contributed by atoms with van der Waals surface area (Å²) < 4.78 is 7.57. The van der Waals surface area contributed by atoms with Crippen molar-refractivity contribution in [2.45, 2.75) is 58.8 Å². The van der Waals surface area contributed by atoms with E-state index in [-0.39, 0.29) is 0 Å². The lowest BCUT2D eigenvalue weighted by atomic mass is 9.98. The highest BCUT2D eigenvalue weighted by atomic mass is 16.5. The number of pyridine rings is 1. The van der Waals surface area contributed by atoms with Gasteiger partial charge in [0, 0.05) is 22.8 Å². The van der Waals surface area contributed by atoms with Gasteiger partial charge in [0.25, 0.3) is 0 Å². The summed E-state index contributed by atoms with van der Waals surface area (Å²) in [4.78, 5) is 11.9. The van der Waals surface area contributed by atoms with Gasteiger partial charge < -0.3 is 9.14 Å². The number of carbonyl (C=O) groups excluding carboxylic acids is 1. The van der Waals surface area contributed by atoms with Crippen LogP contribution in [0.4, 0.5) is 0 Å². The van der Waals surface area contributed by atoms with E-state index in [4.69, 9.17) is 4.74 Å². The minimum absolute atomic E-state index is 0.671. The molecule has 0 unspecified atom stereocenters. The van der Waals surface area contributed by atoms with Crippen molar-refractivity contribution in [3.05, 3.63) is 59.4 Å². The van der Waals surface area contributed by atoms with Crippen molar-refractivity contribution in [1.82, 2.24) is 4.40 Å². The molecule has 0 saturated heterocycles. The molecule has 3 aromatic rings. The standard InChI is InChI=1S/C25H31NO2/c1-4-5-6-7-8-9-10-20-11-12-25(28-3)23(16-20)22-17-21-15-19(2)13-14-26(21)24(22)18-27/h11-18H,4-10H2,1-3H3. The first-order valence-corrected chi connectivity index (χ1v) is 10.4. The molecule has 0 spiro atoms. The number of ether oxygens (including phenoxy) is 1. The molecule has 2 aromatic heterocycles. The number of fused-ring (bicyclic) bond motifs is 1. The van der Waals surface area contributed by atoms with Gasteiger partial charge in [0.2, 0.25) is 0 Å². The number of aldehydes is 1. The van der Waals surface area contributed by atoms with E-state index in [2.05, 4.69) is 38.1 Å². The van der Waals surface area contributed by atoms with Crippen molar-refractivity contribution in [1.29, 1.82) is 0 Å². The molecule has 3 nitrogen and oxygen atoms in total. The number of benzene rings is 1. The molecule has 1 aromatic carbocycles. The van der Waals surface area contributed by atoms with Crippen molar-refractivity contribution >= 4 is 11.8 Å². The van der Waals surface area contributed by atoms with Crippen LogP contribution in [-0.4, -0.2) is 17.8 Å². The number of rotatable bonds is 10. The van der Waals surface area contributed by atoms with Gasteiger partial charge in [0.05, 0.1) is 12.8 Å². The summed E-state index contributed by atoms with van der Waals surface area (Å²) in [6.45, 7) is 4.31. The molecule has 0 aliphatic rings. The van der Waals surface area contributed by atoms with Crippen molar-refractivity contribution in [3.8, 4) is 16.9 Å². The SMILES string of the molecule is CCCCCCCCc1ccc(OC)c(-c2cc3cc(C)ccn3c2C=O)c1. The van der Waals surface area contributed by atoms with Crippen LogP contribution in [0, 0.1) is 6.92 Å². The number of hydrogen-bond donors (Lipinski definition) is 0. The first-order valence-electron chi connectivity index (χ1n) is 10.4. The molecule has 0 bridgehead atoms. The Bertz CT molecular complexity index is 939. The first-order chi connectivity index (χ1) is 13.7. The second-order valence-corrected chi connectivity index (χ2v) is 7.61. The maximum Gasteiger partial charge on any atom is 0.167 e. The Balaban J connectivity index is 1.88. The Morgan fingerprint density at radius 3 is 2.50 bits per heavy atom. The highest BCUT2D eigenvalue weighted by molar-refractivity contribution is 5.91. The summed E-state index contributed by atoms with van der Waals surface area (Å²) in [7, 11) is 1.69. The van der Waals surface area contributed by atoms with Gasteiger partial charge in [-0.15, -0.1) is 0 Å². The molecule has 0 aliphatic carbocycles. The van der Waals surface area contributed by atoms with Gasteiger partial charge in [-0.1, -0.05) is 45.1 Å². The van der Waals surface area contributed by atoms with Gasteiger partial charge in [-0.05, 0) is 61.2 Å². The molecule has 148 valence electrons. The molecule has 0 atom stereocenters. The molecule has 2 heterocycles. The smallest absolute Gasteiger partial charge is 0.167 e. The Labute approximate surface area is 168 Å². The quantitative estimate of drug-likeness (QED) is 0.293. The third kappa shape index (κ3) is 4.46. The molecular formula is C25H31NO2. The van der Waals surface area contributed by atoms with Crippen LogP contribution in [0.1, 0.15) is 67.1 Å². The number of aromatic nitrogens is 1. The van der Waals surface area contributed by atoms with E-state index in [9.17, 15) is 4.79 Å². The fourth-order valence-electron chi connectivity index (χ4n) is 3.88. The number of nitrogens with zero attached hydrogens (tertiary/aromatic N) is 1. The first kappa shape index (κ1) is 20.2.